The summed E-state index contributed by atoms with van der Waals surface area (Å²) in [6.45, 7) is 0.620. The highest BCUT2D eigenvalue weighted by molar-refractivity contribution is 9.10. The van der Waals surface area contributed by atoms with Crippen molar-refractivity contribution < 1.29 is 9.21 Å². The summed E-state index contributed by atoms with van der Waals surface area (Å²) in [5.41, 5.74) is 0.399. The van der Waals surface area contributed by atoms with Gasteiger partial charge in [-0.05, 0) is 40.2 Å². The second-order valence-electron chi connectivity index (χ2n) is 4.32. The van der Waals surface area contributed by atoms with Crippen molar-refractivity contribution in [2.75, 3.05) is 6.54 Å². The number of rotatable bonds is 5. The molecule has 0 spiro atoms. The van der Waals surface area contributed by atoms with Crippen molar-refractivity contribution in [2.45, 2.75) is 13.0 Å². The molecule has 0 N–H and O–H groups in total. The van der Waals surface area contributed by atoms with E-state index in [1.54, 1.807) is 41.5 Å². The highest BCUT2D eigenvalue weighted by Crippen LogP contribution is 2.27. The van der Waals surface area contributed by atoms with E-state index in [9.17, 15) is 4.79 Å². The van der Waals surface area contributed by atoms with Crippen LogP contribution in [0.15, 0.2) is 45.5 Å². The van der Waals surface area contributed by atoms with E-state index in [4.69, 9.17) is 21.3 Å². The van der Waals surface area contributed by atoms with Crippen LogP contribution in [0.5, 0.6) is 0 Å². The Morgan fingerprint density at radius 2 is 2.19 bits per heavy atom. The van der Waals surface area contributed by atoms with Crippen LogP contribution in [-0.2, 0) is 6.54 Å². The molecule has 0 aliphatic heterocycles. The smallest absolute Gasteiger partial charge is 0.255 e. The lowest BCUT2D eigenvalue weighted by Crippen LogP contribution is -2.31. The van der Waals surface area contributed by atoms with Crippen molar-refractivity contribution in [3.05, 3.63) is 57.4 Å². The molecule has 2 aromatic rings. The second kappa shape index (κ2) is 7.30. The van der Waals surface area contributed by atoms with Gasteiger partial charge in [0.05, 0.1) is 35.9 Å². The van der Waals surface area contributed by atoms with E-state index in [1.807, 2.05) is 6.07 Å². The molecule has 0 unspecified atom stereocenters. The van der Waals surface area contributed by atoms with Crippen LogP contribution in [0.2, 0.25) is 5.02 Å². The maximum atomic E-state index is 12.6. The lowest BCUT2D eigenvalue weighted by Gasteiger charge is -2.21. The Hall–Kier alpha value is -1.77. The van der Waals surface area contributed by atoms with Gasteiger partial charge in [-0.25, -0.2) is 0 Å². The first kappa shape index (κ1) is 15.6. The predicted octanol–water partition coefficient (Wildman–Crippen LogP) is 4.25. The Morgan fingerprint density at radius 1 is 1.38 bits per heavy atom. The average Bonchev–Trinajstić information content (AvgIpc) is 2.98. The van der Waals surface area contributed by atoms with Gasteiger partial charge in [-0.3, -0.25) is 4.79 Å². The fourth-order valence-corrected chi connectivity index (χ4v) is 2.44. The topological polar surface area (TPSA) is 57.2 Å². The van der Waals surface area contributed by atoms with Gasteiger partial charge in [-0.15, -0.1) is 0 Å². The van der Waals surface area contributed by atoms with Crippen LogP contribution in [0.3, 0.4) is 0 Å². The van der Waals surface area contributed by atoms with E-state index in [1.165, 1.54) is 0 Å². The number of halogens is 2. The Bertz CT molecular complexity index is 665. The fraction of sp³-hybridized carbons (Fsp3) is 0.200. The molecule has 0 saturated carbocycles. The number of benzene rings is 1. The van der Waals surface area contributed by atoms with E-state index < -0.39 is 0 Å². The van der Waals surface area contributed by atoms with Crippen LogP contribution in [0, 0.1) is 11.3 Å². The zero-order chi connectivity index (χ0) is 15.2. The molecule has 0 radical (unpaired) electrons. The van der Waals surface area contributed by atoms with E-state index in [-0.39, 0.29) is 12.3 Å². The molecule has 1 heterocycles. The average molecular weight is 368 g/mol. The van der Waals surface area contributed by atoms with Crippen molar-refractivity contribution in [3.63, 3.8) is 0 Å². The van der Waals surface area contributed by atoms with Crippen LogP contribution >= 0.6 is 27.5 Å². The summed E-state index contributed by atoms with van der Waals surface area (Å²) in [7, 11) is 0. The summed E-state index contributed by atoms with van der Waals surface area (Å²) in [6, 6.07) is 10.8. The minimum absolute atomic E-state index is 0.229. The molecule has 1 amide bonds. The largest absolute Gasteiger partial charge is 0.467 e. The van der Waals surface area contributed by atoms with Crippen LogP contribution in [0.25, 0.3) is 0 Å². The summed E-state index contributed by atoms with van der Waals surface area (Å²) in [4.78, 5) is 14.2. The van der Waals surface area contributed by atoms with Crippen molar-refractivity contribution >= 4 is 33.4 Å². The van der Waals surface area contributed by atoms with E-state index in [0.717, 1.165) is 0 Å². The second-order valence-corrected chi connectivity index (χ2v) is 5.55. The normalized spacial score (nSPS) is 10.1. The zero-order valence-electron chi connectivity index (χ0n) is 11.1. The van der Waals surface area contributed by atoms with Crippen molar-refractivity contribution in [3.8, 4) is 6.07 Å². The summed E-state index contributed by atoms with van der Waals surface area (Å²) in [5.74, 6) is 0.431. The van der Waals surface area contributed by atoms with E-state index in [0.29, 0.717) is 33.9 Å². The van der Waals surface area contributed by atoms with Gasteiger partial charge in [0.1, 0.15) is 5.76 Å². The number of hydrogen-bond acceptors (Lipinski definition) is 3. The first-order valence-corrected chi connectivity index (χ1v) is 7.43. The molecule has 2 rings (SSSR count). The van der Waals surface area contributed by atoms with Crippen LogP contribution in [0.4, 0.5) is 0 Å². The molecule has 0 fully saturated rings. The minimum Gasteiger partial charge on any atom is -0.467 e. The third kappa shape index (κ3) is 3.87. The van der Waals surface area contributed by atoms with Gasteiger partial charge in [0.15, 0.2) is 0 Å². The molecule has 0 atom stereocenters. The Labute approximate surface area is 136 Å². The Balaban J connectivity index is 2.25. The molecule has 4 nitrogen and oxygen atoms in total. The molecule has 1 aromatic heterocycles. The first-order chi connectivity index (χ1) is 10.1. The van der Waals surface area contributed by atoms with Crippen molar-refractivity contribution in [1.29, 1.82) is 5.26 Å². The Morgan fingerprint density at radius 3 is 2.86 bits per heavy atom. The molecule has 6 heteroatoms. The van der Waals surface area contributed by atoms with Gasteiger partial charge >= 0.3 is 0 Å². The number of hydrogen-bond donors (Lipinski definition) is 0. The molecule has 0 aliphatic carbocycles. The minimum atomic E-state index is -0.229. The summed E-state index contributed by atoms with van der Waals surface area (Å²) in [5, 5.41) is 9.11. The van der Waals surface area contributed by atoms with Gasteiger partial charge in [0.2, 0.25) is 0 Å². The maximum Gasteiger partial charge on any atom is 0.255 e. The van der Waals surface area contributed by atoms with Gasteiger partial charge in [0, 0.05) is 11.0 Å². The Kier molecular flexibility index (Phi) is 5.43. The van der Waals surface area contributed by atoms with Crippen molar-refractivity contribution in [2.24, 2.45) is 0 Å². The predicted molar refractivity (Wildman–Crippen MR) is 82.8 cm³/mol. The first-order valence-electron chi connectivity index (χ1n) is 6.26. The van der Waals surface area contributed by atoms with Gasteiger partial charge in [-0.1, -0.05) is 17.7 Å². The standard InChI is InChI=1S/C15H12BrClN2O2/c16-13-6-1-5-12(14(13)17)15(20)19(8-3-7-18)10-11-4-2-9-21-11/h1-2,4-6,9H,3,8,10H2. The maximum absolute atomic E-state index is 12.6. The molecule has 21 heavy (non-hydrogen) atoms. The highest BCUT2D eigenvalue weighted by atomic mass is 79.9. The highest BCUT2D eigenvalue weighted by Gasteiger charge is 2.20. The molecule has 0 bridgehead atoms. The number of carbonyl (C=O) groups is 1. The number of nitrogens with zero attached hydrogens (tertiary/aromatic N) is 2. The number of amides is 1. The summed E-state index contributed by atoms with van der Waals surface area (Å²) >= 11 is 9.47. The summed E-state index contributed by atoms with van der Waals surface area (Å²) < 4.78 is 5.93. The molecule has 0 aliphatic rings. The summed E-state index contributed by atoms with van der Waals surface area (Å²) in [6.07, 6.45) is 1.80. The SMILES string of the molecule is N#CCCN(Cc1ccco1)C(=O)c1cccc(Br)c1Cl. The van der Waals surface area contributed by atoms with Gasteiger partial charge in [-0.2, -0.15) is 5.26 Å². The number of carbonyl (C=O) groups excluding carboxylic acids is 1. The van der Waals surface area contributed by atoms with Gasteiger partial charge in [0.25, 0.3) is 5.91 Å². The molecule has 1 aromatic carbocycles. The fourth-order valence-electron chi connectivity index (χ4n) is 1.87. The molecular weight excluding hydrogens is 356 g/mol. The van der Waals surface area contributed by atoms with Crippen LogP contribution < -0.4 is 0 Å². The van der Waals surface area contributed by atoms with Crippen LogP contribution in [-0.4, -0.2) is 17.4 Å². The molecular formula is C15H12BrClN2O2. The molecule has 108 valence electrons. The quantitative estimate of drug-likeness (QED) is 0.793. The third-order valence-electron chi connectivity index (χ3n) is 2.89. The lowest BCUT2D eigenvalue weighted by molar-refractivity contribution is 0.0735. The zero-order valence-corrected chi connectivity index (χ0v) is 13.4. The van der Waals surface area contributed by atoms with Gasteiger partial charge < -0.3 is 9.32 Å². The molecule has 0 saturated heterocycles. The van der Waals surface area contributed by atoms with E-state index in [2.05, 4.69) is 15.9 Å². The third-order valence-corrected chi connectivity index (χ3v) is 4.19. The number of furan rings is 1. The lowest BCUT2D eigenvalue weighted by atomic mass is 10.2. The monoisotopic (exact) mass is 366 g/mol. The van der Waals surface area contributed by atoms with E-state index >= 15 is 0 Å². The van der Waals surface area contributed by atoms with Crippen LogP contribution in [0.1, 0.15) is 22.5 Å². The van der Waals surface area contributed by atoms with Crippen molar-refractivity contribution in [1.82, 2.24) is 4.90 Å². The number of nitriles is 1.